The molecule has 3 aromatic carbocycles. The molecule has 0 unspecified atom stereocenters. The van der Waals surface area contributed by atoms with Crippen molar-refractivity contribution in [3.63, 3.8) is 0 Å². The summed E-state index contributed by atoms with van der Waals surface area (Å²) in [6.07, 6.45) is 3.05. The molecule has 0 atom stereocenters. The molecule has 1 heterocycles. The van der Waals surface area contributed by atoms with Crippen LogP contribution in [0.15, 0.2) is 86.5 Å². The molecule has 0 aliphatic carbocycles. The Morgan fingerprint density at radius 2 is 1.89 bits per heavy atom. The van der Waals surface area contributed by atoms with E-state index in [2.05, 4.69) is 15.9 Å². The number of rotatable bonds is 4. The summed E-state index contributed by atoms with van der Waals surface area (Å²) in [7, 11) is 0. The van der Waals surface area contributed by atoms with Crippen LogP contribution >= 0.6 is 15.9 Å². The number of fused-ring (bicyclic) bond motifs is 3. The molecule has 1 aromatic heterocycles. The van der Waals surface area contributed by atoms with E-state index in [0.717, 1.165) is 26.2 Å². The Hall–Kier alpha value is -3.18. The summed E-state index contributed by atoms with van der Waals surface area (Å²) < 4.78 is 11.6. The quantitative estimate of drug-likeness (QED) is 0.185. The van der Waals surface area contributed by atoms with Gasteiger partial charge in [0.1, 0.15) is 12.2 Å². The van der Waals surface area contributed by atoms with Crippen molar-refractivity contribution < 1.29 is 13.9 Å². The minimum atomic E-state index is -0.485. The molecule has 0 amide bonds. The van der Waals surface area contributed by atoms with E-state index >= 15 is 0 Å². The van der Waals surface area contributed by atoms with E-state index in [1.165, 1.54) is 12.1 Å². The maximum Gasteiger partial charge on any atom is 0.336 e. The first-order valence-corrected chi connectivity index (χ1v) is 9.44. The highest BCUT2D eigenvalue weighted by Crippen LogP contribution is 2.27. The average molecular weight is 435 g/mol. The van der Waals surface area contributed by atoms with Crippen molar-refractivity contribution >= 4 is 49.7 Å². The van der Waals surface area contributed by atoms with Gasteiger partial charge in [0, 0.05) is 27.6 Å². The van der Waals surface area contributed by atoms with Crippen LogP contribution in [0.5, 0.6) is 0 Å². The lowest BCUT2D eigenvalue weighted by Gasteiger charge is -2.08. The smallest absolute Gasteiger partial charge is 0.336 e. The third kappa shape index (κ3) is 3.89. The molecule has 0 spiro atoms. The van der Waals surface area contributed by atoms with Crippen LogP contribution in [0.4, 0.5) is 0 Å². The second-order valence-electron chi connectivity index (χ2n) is 6.25. The monoisotopic (exact) mass is 434 g/mol. The van der Waals surface area contributed by atoms with Crippen LogP contribution in [0.2, 0.25) is 0 Å². The molecule has 0 radical (unpaired) electrons. The lowest BCUT2D eigenvalue weighted by Crippen LogP contribution is -2.06. The molecule has 4 aromatic rings. The summed E-state index contributed by atoms with van der Waals surface area (Å²) in [4.78, 5) is 24.0. The van der Waals surface area contributed by atoms with Crippen LogP contribution in [0, 0.1) is 0 Å². The number of hydrogen-bond donors (Lipinski definition) is 0. The van der Waals surface area contributed by atoms with Crippen molar-refractivity contribution in [2.75, 3.05) is 0 Å². The maximum absolute atomic E-state index is 12.1. The van der Waals surface area contributed by atoms with E-state index in [1.54, 1.807) is 12.1 Å². The Kier molecular flexibility index (Phi) is 5.08. The number of benzene rings is 3. The molecular formula is C23H15BrO4. The average Bonchev–Trinajstić information content (AvgIpc) is 2.70. The zero-order chi connectivity index (χ0) is 19.5. The third-order valence-corrected chi connectivity index (χ3v) is 4.84. The molecular weight excluding hydrogens is 420 g/mol. The first-order valence-electron chi connectivity index (χ1n) is 8.65. The van der Waals surface area contributed by atoms with Crippen LogP contribution < -0.4 is 5.63 Å². The van der Waals surface area contributed by atoms with Gasteiger partial charge in [-0.1, -0.05) is 58.4 Å². The number of hydrogen-bond acceptors (Lipinski definition) is 4. The van der Waals surface area contributed by atoms with E-state index in [0.29, 0.717) is 11.1 Å². The summed E-state index contributed by atoms with van der Waals surface area (Å²) in [5, 5.41) is 2.74. The molecule has 0 saturated heterocycles. The fourth-order valence-electron chi connectivity index (χ4n) is 3.11. The molecule has 0 aliphatic rings. The summed E-state index contributed by atoms with van der Waals surface area (Å²) in [5.74, 6) is -0.485. The van der Waals surface area contributed by atoms with E-state index in [1.807, 2.05) is 54.6 Å². The fourth-order valence-corrected chi connectivity index (χ4v) is 3.52. The van der Waals surface area contributed by atoms with Gasteiger partial charge < -0.3 is 9.15 Å². The lowest BCUT2D eigenvalue weighted by molar-refractivity contribution is -0.138. The standard InChI is InChI=1S/C23H15BrO4/c24-18-6-3-4-15(12-18)8-11-21(25)27-14-17-13-22(26)28-20-10-9-16-5-1-2-7-19(16)23(17)20/h1-13H,14H2. The molecule has 4 rings (SSSR count). The van der Waals surface area contributed by atoms with Crippen molar-refractivity contribution in [2.24, 2.45) is 0 Å². The molecule has 0 N–H and O–H groups in total. The number of halogens is 1. The topological polar surface area (TPSA) is 56.5 Å². The summed E-state index contributed by atoms with van der Waals surface area (Å²) in [6.45, 7) is -0.0161. The van der Waals surface area contributed by atoms with E-state index in [9.17, 15) is 9.59 Å². The second kappa shape index (κ2) is 7.82. The number of carbonyl (C=O) groups is 1. The Bertz CT molecular complexity index is 1270. The van der Waals surface area contributed by atoms with Crippen molar-refractivity contribution in [3.05, 3.63) is 98.8 Å². The summed E-state index contributed by atoms with van der Waals surface area (Å²) in [5.41, 5.74) is 1.50. The van der Waals surface area contributed by atoms with Gasteiger partial charge in [-0.05, 0) is 40.6 Å². The van der Waals surface area contributed by atoms with Gasteiger partial charge in [0.2, 0.25) is 0 Å². The Morgan fingerprint density at radius 1 is 1.04 bits per heavy atom. The molecule has 5 heteroatoms. The van der Waals surface area contributed by atoms with Gasteiger partial charge >= 0.3 is 11.6 Å². The van der Waals surface area contributed by atoms with Crippen molar-refractivity contribution in [3.8, 4) is 0 Å². The zero-order valence-corrected chi connectivity index (χ0v) is 16.3. The molecule has 0 bridgehead atoms. The van der Waals surface area contributed by atoms with Crippen LogP contribution in [0.1, 0.15) is 11.1 Å². The second-order valence-corrected chi connectivity index (χ2v) is 7.16. The Labute approximate surface area is 169 Å². The van der Waals surface area contributed by atoms with Crippen molar-refractivity contribution in [1.82, 2.24) is 0 Å². The highest BCUT2D eigenvalue weighted by molar-refractivity contribution is 9.10. The van der Waals surface area contributed by atoms with Crippen molar-refractivity contribution in [2.45, 2.75) is 6.61 Å². The first-order chi connectivity index (χ1) is 13.6. The Balaban J connectivity index is 1.62. The fraction of sp³-hybridized carbons (Fsp3) is 0.0435. The Morgan fingerprint density at radius 3 is 2.75 bits per heavy atom. The largest absolute Gasteiger partial charge is 0.458 e. The van der Waals surface area contributed by atoms with Gasteiger partial charge in [-0.25, -0.2) is 9.59 Å². The van der Waals surface area contributed by atoms with E-state index < -0.39 is 11.6 Å². The summed E-state index contributed by atoms with van der Waals surface area (Å²) >= 11 is 3.39. The molecule has 0 saturated carbocycles. The molecule has 4 nitrogen and oxygen atoms in total. The van der Waals surface area contributed by atoms with Crippen molar-refractivity contribution in [1.29, 1.82) is 0 Å². The highest BCUT2D eigenvalue weighted by Gasteiger charge is 2.11. The number of esters is 1. The van der Waals surface area contributed by atoms with Crippen LogP contribution in [0.25, 0.3) is 27.8 Å². The normalized spacial score (nSPS) is 11.3. The van der Waals surface area contributed by atoms with Gasteiger partial charge in [-0.3, -0.25) is 0 Å². The number of ether oxygens (including phenoxy) is 1. The molecule has 0 aliphatic heterocycles. The maximum atomic E-state index is 12.1. The van der Waals surface area contributed by atoms with E-state index in [4.69, 9.17) is 9.15 Å². The van der Waals surface area contributed by atoms with Crippen LogP contribution in [-0.4, -0.2) is 5.97 Å². The SMILES string of the molecule is O=C(C=Cc1cccc(Br)c1)OCc1cc(=O)oc2ccc3ccccc3c12. The minimum absolute atomic E-state index is 0.0161. The van der Waals surface area contributed by atoms with Crippen LogP contribution in [-0.2, 0) is 16.1 Å². The predicted octanol–water partition coefficient (Wildman–Crippen LogP) is 5.47. The number of carbonyl (C=O) groups excluding carboxylic acids is 1. The lowest BCUT2D eigenvalue weighted by atomic mass is 10.0. The van der Waals surface area contributed by atoms with Gasteiger partial charge in [-0.2, -0.15) is 0 Å². The van der Waals surface area contributed by atoms with Gasteiger partial charge in [0.15, 0.2) is 0 Å². The van der Waals surface area contributed by atoms with Gasteiger partial charge in [0.25, 0.3) is 0 Å². The van der Waals surface area contributed by atoms with Gasteiger partial charge in [-0.15, -0.1) is 0 Å². The van der Waals surface area contributed by atoms with Crippen LogP contribution in [0.3, 0.4) is 0 Å². The minimum Gasteiger partial charge on any atom is -0.458 e. The zero-order valence-electron chi connectivity index (χ0n) is 14.7. The molecule has 138 valence electrons. The first kappa shape index (κ1) is 18.2. The van der Waals surface area contributed by atoms with Gasteiger partial charge in [0.05, 0.1) is 0 Å². The third-order valence-electron chi connectivity index (χ3n) is 4.35. The van der Waals surface area contributed by atoms with E-state index in [-0.39, 0.29) is 6.61 Å². The highest BCUT2D eigenvalue weighted by atomic mass is 79.9. The molecule has 0 fully saturated rings. The molecule has 28 heavy (non-hydrogen) atoms. The predicted molar refractivity (Wildman–Crippen MR) is 113 cm³/mol. The summed E-state index contributed by atoms with van der Waals surface area (Å²) in [6, 6.07) is 20.4.